The van der Waals surface area contributed by atoms with Gasteiger partial charge in [-0.3, -0.25) is 14.9 Å². The number of aromatic nitrogens is 2. The molecule has 0 radical (unpaired) electrons. The first-order chi connectivity index (χ1) is 15.0. The molecule has 10 heteroatoms. The number of halogens is 1. The summed E-state index contributed by atoms with van der Waals surface area (Å²) in [4.78, 5) is 35.4. The van der Waals surface area contributed by atoms with Gasteiger partial charge < -0.3 is 10.1 Å². The zero-order chi connectivity index (χ0) is 21.5. The van der Waals surface area contributed by atoms with Crippen LogP contribution >= 0.6 is 35.1 Å². The van der Waals surface area contributed by atoms with Crippen molar-refractivity contribution in [1.82, 2.24) is 15.3 Å². The van der Waals surface area contributed by atoms with Crippen LogP contribution in [0.2, 0.25) is 0 Å². The van der Waals surface area contributed by atoms with Crippen molar-refractivity contribution in [2.24, 2.45) is 0 Å². The monoisotopic (exact) mass is 484 g/mol. The molecule has 0 bridgehead atoms. The predicted octanol–water partition coefficient (Wildman–Crippen LogP) is 4.86. The minimum absolute atomic E-state index is 0. The lowest BCUT2D eigenvalue weighted by atomic mass is 10.1. The Labute approximate surface area is 197 Å². The molecule has 1 aliphatic heterocycles. The number of thiophene rings is 2. The lowest BCUT2D eigenvalue weighted by Crippen LogP contribution is -2.24. The van der Waals surface area contributed by atoms with Crippen LogP contribution < -0.4 is 15.4 Å². The summed E-state index contributed by atoms with van der Waals surface area (Å²) < 4.78 is 5.37. The maximum atomic E-state index is 12.3. The molecule has 32 heavy (non-hydrogen) atoms. The van der Waals surface area contributed by atoms with Gasteiger partial charge in [-0.1, -0.05) is 18.2 Å². The number of imide groups is 1. The summed E-state index contributed by atoms with van der Waals surface area (Å²) in [5.74, 6) is 0.903. The smallest absolute Gasteiger partial charge is 0.275 e. The van der Waals surface area contributed by atoms with E-state index in [4.69, 9.17) is 14.7 Å². The van der Waals surface area contributed by atoms with E-state index in [0.29, 0.717) is 17.2 Å². The van der Waals surface area contributed by atoms with Gasteiger partial charge in [0.05, 0.1) is 17.4 Å². The van der Waals surface area contributed by atoms with Gasteiger partial charge in [0.1, 0.15) is 22.1 Å². The number of ether oxygens (including phenoxy) is 1. The topological polar surface area (TPSA) is 93.2 Å². The van der Waals surface area contributed by atoms with Gasteiger partial charge in [-0.2, -0.15) is 0 Å². The molecular formula is C22H17ClN4O3S2. The Morgan fingerprint density at radius 3 is 2.59 bits per heavy atom. The molecule has 2 N–H and O–H groups in total. The van der Waals surface area contributed by atoms with Crippen molar-refractivity contribution in [3.63, 3.8) is 0 Å². The molecule has 4 heterocycles. The van der Waals surface area contributed by atoms with Gasteiger partial charge in [0.2, 0.25) is 0 Å². The summed E-state index contributed by atoms with van der Waals surface area (Å²) in [6.45, 7) is 1.61. The fourth-order valence-corrected chi connectivity index (χ4v) is 4.97. The third kappa shape index (κ3) is 3.75. The number of hydrogen-bond donors (Lipinski definition) is 2. The molecule has 5 rings (SSSR count). The molecule has 7 nitrogen and oxygen atoms in total. The van der Waals surface area contributed by atoms with Crippen LogP contribution in [-0.2, 0) is 9.59 Å². The van der Waals surface area contributed by atoms with E-state index in [1.807, 2.05) is 47.2 Å². The number of carbonyl (C=O) groups is 2. The van der Waals surface area contributed by atoms with Gasteiger partial charge in [0.25, 0.3) is 11.8 Å². The van der Waals surface area contributed by atoms with Crippen LogP contribution in [0, 0.1) is 0 Å². The molecular weight excluding hydrogens is 468 g/mol. The van der Waals surface area contributed by atoms with E-state index in [2.05, 4.69) is 10.6 Å². The highest BCUT2D eigenvalue weighted by molar-refractivity contribution is 7.17. The molecule has 1 aromatic carbocycles. The van der Waals surface area contributed by atoms with Crippen LogP contribution in [0.25, 0.3) is 32.0 Å². The largest absolute Gasteiger partial charge is 0.497 e. The van der Waals surface area contributed by atoms with E-state index >= 15 is 0 Å². The lowest BCUT2D eigenvalue weighted by Gasteiger charge is -2.11. The van der Waals surface area contributed by atoms with Crippen molar-refractivity contribution in [2.75, 3.05) is 12.4 Å². The third-order valence-electron chi connectivity index (χ3n) is 4.97. The zero-order valence-electron chi connectivity index (χ0n) is 17.0. The summed E-state index contributed by atoms with van der Waals surface area (Å²) in [5, 5.41) is 10.2. The summed E-state index contributed by atoms with van der Waals surface area (Å²) in [6, 6.07) is 11.6. The number of benzene rings is 1. The van der Waals surface area contributed by atoms with Gasteiger partial charge in [-0.15, -0.1) is 35.1 Å². The number of amides is 2. The number of anilines is 1. The molecule has 0 saturated carbocycles. The number of nitrogens with zero attached hydrogens (tertiary/aromatic N) is 2. The summed E-state index contributed by atoms with van der Waals surface area (Å²) in [5.41, 5.74) is 2.39. The van der Waals surface area contributed by atoms with Gasteiger partial charge in [-0.25, -0.2) is 9.97 Å². The Balaban J connectivity index is 0.00000245. The quantitative estimate of drug-likeness (QED) is 0.393. The Morgan fingerprint density at radius 2 is 1.91 bits per heavy atom. The number of hydrogen-bond acceptors (Lipinski definition) is 8. The fourth-order valence-electron chi connectivity index (χ4n) is 3.36. The molecule has 0 aliphatic carbocycles. The van der Waals surface area contributed by atoms with Crippen molar-refractivity contribution < 1.29 is 14.3 Å². The minimum Gasteiger partial charge on any atom is -0.497 e. The van der Waals surface area contributed by atoms with Crippen LogP contribution in [-0.4, -0.2) is 28.9 Å². The summed E-state index contributed by atoms with van der Waals surface area (Å²) in [6.07, 6.45) is 0. The number of methoxy groups -OCH3 is 1. The number of fused-ring (bicyclic) bond motifs is 1. The van der Waals surface area contributed by atoms with Crippen LogP contribution in [0.4, 0.5) is 5.82 Å². The molecule has 1 aliphatic rings. The Hall–Kier alpha value is -3.27. The predicted molar refractivity (Wildman–Crippen MR) is 129 cm³/mol. The third-order valence-corrected chi connectivity index (χ3v) is 6.71. The van der Waals surface area contributed by atoms with Crippen LogP contribution in [0.1, 0.15) is 6.92 Å². The average molecular weight is 485 g/mol. The molecule has 0 saturated heterocycles. The first-order valence-electron chi connectivity index (χ1n) is 9.36. The van der Waals surface area contributed by atoms with Gasteiger partial charge in [0.15, 0.2) is 5.82 Å². The highest BCUT2D eigenvalue weighted by Gasteiger charge is 2.29. The van der Waals surface area contributed by atoms with Crippen molar-refractivity contribution in [3.05, 3.63) is 58.4 Å². The minimum atomic E-state index is -0.468. The van der Waals surface area contributed by atoms with E-state index < -0.39 is 11.8 Å². The maximum Gasteiger partial charge on any atom is 0.275 e. The van der Waals surface area contributed by atoms with Crippen molar-refractivity contribution in [3.8, 4) is 27.6 Å². The molecule has 3 aromatic heterocycles. The normalized spacial score (nSPS) is 13.3. The number of nitrogens with one attached hydrogen (secondary N) is 2. The molecule has 4 aromatic rings. The number of carbonyl (C=O) groups excluding carboxylic acids is 2. The first-order valence-corrected chi connectivity index (χ1v) is 11.1. The van der Waals surface area contributed by atoms with Gasteiger partial charge in [-0.05, 0) is 36.1 Å². The number of rotatable bonds is 5. The Morgan fingerprint density at radius 1 is 1.06 bits per heavy atom. The second-order valence-corrected chi connectivity index (χ2v) is 8.65. The van der Waals surface area contributed by atoms with Crippen LogP contribution in [0.5, 0.6) is 5.75 Å². The molecule has 0 unspecified atom stereocenters. The Kier molecular flexibility index (Phi) is 5.96. The molecule has 0 atom stereocenters. The Bertz CT molecular complexity index is 1380. The van der Waals surface area contributed by atoms with Crippen molar-refractivity contribution in [1.29, 1.82) is 0 Å². The summed E-state index contributed by atoms with van der Waals surface area (Å²) >= 11 is 3.03. The van der Waals surface area contributed by atoms with Crippen LogP contribution in [0.3, 0.4) is 0 Å². The second-order valence-electron chi connectivity index (χ2n) is 6.84. The fraction of sp³-hybridized carbons (Fsp3) is 0.0909. The summed E-state index contributed by atoms with van der Waals surface area (Å²) in [7, 11) is 1.62. The van der Waals surface area contributed by atoms with Gasteiger partial charge in [0, 0.05) is 16.5 Å². The lowest BCUT2D eigenvalue weighted by molar-refractivity contribution is -0.124. The standard InChI is InChI=1S/C22H16N4O3S2.ClH/c1-11-17(21(28)26-20(11)27)23-19-16-14(12-5-3-6-13(9-12)29-2)10-31-22(16)25-18(24-19)15-7-4-8-30-15;/h3-10H,1-2H3,(H2,23,24,25,26,27,28);1H. The van der Waals surface area contributed by atoms with Crippen LogP contribution in [0.15, 0.2) is 58.4 Å². The zero-order valence-corrected chi connectivity index (χ0v) is 19.4. The molecule has 2 amide bonds. The highest BCUT2D eigenvalue weighted by atomic mass is 35.5. The van der Waals surface area contributed by atoms with E-state index in [-0.39, 0.29) is 18.1 Å². The molecule has 0 spiro atoms. The van der Waals surface area contributed by atoms with E-state index in [9.17, 15) is 9.59 Å². The van der Waals surface area contributed by atoms with Gasteiger partial charge >= 0.3 is 0 Å². The maximum absolute atomic E-state index is 12.3. The SMILES string of the molecule is COc1cccc(-c2csc3nc(-c4cccs4)nc(NC4=C(C)C(=O)NC4=O)c23)c1.Cl. The van der Waals surface area contributed by atoms with E-state index in [0.717, 1.165) is 32.0 Å². The first kappa shape index (κ1) is 21.9. The van der Waals surface area contributed by atoms with Crippen molar-refractivity contribution >= 4 is 62.9 Å². The van der Waals surface area contributed by atoms with E-state index in [1.165, 1.54) is 22.7 Å². The van der Waals surface area contributed by atoms with E-state index in [1.54, 1.807) is 14.0 Å². The average Bonchev–Trinajstić information content (AvgIpc) is 3.51. The molecule has 162 valence electrons. The highest BCUT2D eigenvalue weighted by Crippen LogP contribution is 2.40. The van der Waals surface area contributed by atoms with Crippen molar-refractivity contribution in [2.45, 2.75) is 6.92 Å². The second kappa shape index (κ2) is 8.70. The molecule has 0 fully saturated rings.